The number of rotatable bonds is 5. The molecule has 3 rings (SSSR count). The van der Waals surface area contributed by atoms with E-state index in [4.69, 9.17) is 4.74 Å². The van der Waals surface area contributed by atoms with E-state index in [0.29, 0.717) is 17.6 Å². The Morgan fingerprint density at radius 1 is 1.36 bits per heavy atom. The van der Waals surface area contributed by atoms with Crippen molar-refractivity contribution in [2.24, 2.45) is 0 Å². The summed E-state index contributed by atoms with van der Waals surface area (Å²) in [6, 6.07) is 1.31. The molecule has 1 aliphatic rings. The summed E-state index contributed by atoms with van der Waals surface area (Å²) in [6.07, 6.45) is 6.67. The summed E-state index contributed by atoms with van der Waals surface area (Å²) in [4.78, 5) is 32.2. The Morgan fingerprint density at radius 3 is 2.72 bits per heavy atom. The van der Waals surface area contributed by atoms with Crippen molar-refractivity contribution >= 4 is 27.5 Å². The fraction of sp³-hybridized carbons (Fsp3) is 0.632. The van der Waals surface area contributed by atoms with E-state index in [-0.39, 0.29) is 17.6 Å². The van der Waals surface area contributed by atoms with Crippen molar-refractivity contribution in [1.82, 2.24) is 9.55 Å². The van der Waals surface area contributed by atoms with Crippen LogP contribution in [0, 0.1) is 6.92 Å². The smallest absolute Gasteiger partial charge is 0.329 e. The minimum absolute atomic E-state index is 0.00385. The van der Waals surface area contributed by atoms with Gasteiger partial charge in [0, 0.05) is 4.88 Å². The van der Waals surface area contributed by atoms with Gasteiger partial charge in [0.05, 0.1) is 5.39 Å². The average molecular weight is 362 g/mol. The average Bonchev–Trinajstić information content (AvgIpc) is 3.02. The highest BCUT2D eigenvalue weighted by atomic mass is 32.1. The van der Waals surface area contributed by atoms with E-state index in [1.54, 1.807) is 18.3 Å². The monoisotopic (exact) mass is 362 g/mol. The number of nitrogens with zero attached hydrogens (tertiary/aromatic N) is 2. The molecular weight excluding hydrogens is 336 g/mol. The topological polar surface area (TPSA) is 61.2 Å². The van der Waals surface area contributed by atoms with Crippen LogP contribution in [0.2, 0.25) is 0 Å². The third kappa shape index (κ3) is 3.64. The highest BCUT2D eigenvalue weighted by Crippen LogP contribution is 2.26. The van der Waals surface area contributed by atoms with Gasteiger partial charge in [-0.15, -0.1) is 11.3 Å². The summed E-state index contributed by atoms with van der Waals surface area (Å²) in [5.74, 6) is 0.279. The standard InChI is InChI=1S/C19H26N2O3S/c1-4-14-11-15-17(25-14)20-12(3)21(18(15)22)16(5-2)19(23)24-13-9-7-6-8-10-13/h11,13,16H,4-10H2,1-3H3. The Kier molecular flexibility index (Phi) is 5.57. The minimum Gasteiger partial charge on any atom is -0.461 e. The van der Waals surface area contributed by atoms with E-state index in [9.17, 15) is 9.59 Å². The predicted octanol–water partition coefficient (Wildman–Crippen LogP) is 4.16. The van der Waals surface area contributed by atoms with Crippen LogP contribution in [0.15, 0.2) is 10.9 Å². The van der Waals surface area contributed by atoms with Gasteiger partial charge in [0.25, 0.3) is 5.56 Å². The number of hydrogen-bond acceptors (Lipinski definition) is 5. The summed E-state index contributed by atoms with van der Waals surface area (Å²) in [5.41, 5.74) is -0.133. The molecule has 136 valence electrons. The van der Waals surface area contributed by atoms with Crippen molar-refractivity contribution in [3.8, 4) is 0 Å². The summed E-state index contributed by atoms with van der Waals surface area (Å²) in [7, 11) is 0. The molecule has 25 heavy (non-hydrogen) atoms. The lowest BCUT2D eigenvalue weighted by Gasteiger charge is -2.25. The Bertz CT molecular complexity index is 818. The second-order valence-electron chi connectivity index (χ2n) is 6.74. The number of ether oxygens (including phenoxy) is 1. The van der Waals surface area contributed by atoms with Crippen LogP contribution in [0.3, 0.4) is 0 Å². The van der Waals surface area contributed by atoms with E-state index in [1.807, 2.05) is 13.0 Å². The maximum Gasteiger partial charge on any atom is 0.329 e. The molecule has 1 atom stereocenters. The second-order valence-corrected chi connectivity index (χ2v) is 7.86. The molecule has 2 aromatic heterocycles. The van der Waals surface area contributed by atoms with Crippen molar-refractivity contribution in [3.63, 3.8) is 0 Å². The van der Waals surface area contributed by atoms with Gasteiger partial charge in [0.15, 0.2) is 0 Å². The number of fused-ring (bicyclic) bond motifs is 1. The normalized spacial score (nSPS) is 16.9. The van der Waals surface area contributed by atoms with E-state index in [2.05, 4.69) is 11.9 Å². The predicted molar refractivity (Wildman–Crippen MR) is 100 cm³/mol. The molecule has 5 nitrogen and oxygen atoms in total. The quantitative estimate of drug-likeness (QED) is 0.750. The lowest BCUT2D eigenvalue weighted by atomic mass is 9.98. The molecule has 0 amide bonds. The Balaban J connectivity index is 1.94. The highest BCUT2D eigenvalue weighted by Gasteiger charge is 2.28. The van der Waals surface area contributed by atoms with Crippen LogP contribution >= 0.6 is 11.3 Å². The molecular formula is C19H26N2O3S. The van der Waals surface area contributed by atoms with Crippen LogP contribution < -0.4 is 5.56 Å². The van der Waals surface area contributed by atoms with Crippen molar-refractivity contribution < 1.29 is 9.53 Å². The van der Waals surface area contributed by atoms with E-state index < -0.39 is 6.04 Å². The zero-order chi connectivity index (χ0) is 18.0. The van der Waals surface area contributed by atoms with Crippen molar-refractivity contribution in [2.75, 3.05) is 0 Å². The molecule has 1 unspecified atom stereocenters. The van der Waals surface area contributed by atoms with Crippen molar-refractivity contribution in [3.05, 3.63) is 27.1 Å². The largest absolute Gasteiger partial charge is 0.461 e. The van der Waals surface area contributed by atoms with Crippen LogP contribution in [-0.2, 0) is 16.0 Å². The minimum atomic E-state index is -0.601. The number of esters is 1. The SMILES string of the molecule is CCc1cc2c(=O)n(C(CC)C(=O)OC3CCCCC3)c(C)nc2s1. The molecule has 0 saturated heterocycles. The first-order valence-electron chi connectivity index (χ1n) is 9.27. The number of carbonyl (C=O) groups is 1. The molecule has 0 aromatic carbocycles. The summed E-state index contributed by atoms with van der Waals surface area (Å²) in [5, 5.41) is 0.608. The Labute approximate surface area is 152 Å². The van der Waals surface area contributed by atoms with Gasteiger partial charge in [0.2, 0.25) is 0 Å². The van der Waals surface area contributed by atoms with Gasteiger partial charge in [-0.25, -0.2) is 9.78 Å². The van der Waals surface area contributed by atoms with Crippen LogP contribution in [0.1, 0.15) is 69.1 Å². The second kappa shape index (κ2) is 7.68. The number of aryl methyl sites for hydroxylation is 2. The van der Waals surface area contributed by atoms with Gasteiger partial charge in [-0.3, -0.25) is 9.36 Å². The fourth-order valence-corrected chi connectivity index (χ4v) is 4.57. The highest BCUT2D eigenvalue weighted by molar-refractivity contribution is 7.18. The third-order valence-corrected chi connectivity index (χ3v) is 6.15. The van der Waals surface area contributed by atoms with E-state index in [0.717, 1.165) is 41.8 Å². The number of thiophene rings is 1. The lowest BCUT2D eigenvalue weighted by Crippen LogP contribution is -2.35. The van der Waals surface area contributed by atoms with Gasteiger partial charge in [-0.2, -0.15) is 0 Å². The number of hydrogen-bond donors (Lipinski definition) is 0. The molecule has 2 heterocycles. The zero-order valence-corrected chi connectivity index (χ0v) is 16.0. The van der Waals surface area contributed by atoms with Gasteiger partial charge in [-0.1, -0.05) is 20.3 Å². The first-order chi connectivity index (χ1) is 12.0. The molecule has 1 aliphatic carbocycles. The zero-order valence-electron chi connectivity index (χ0n) is 15.2. The molecule has 0 bridgehead atoms. The molecule has 0 aliphatic heterocycles. The van der Waals surface area contributed by atoms with Crippen LogP contribution in [0.25, 0.3) is 10.2 Å². The van der Waals surface area contributed by atoms with E-state index in [1.165, 1.54) is 11.0 Å². The number of carbonyl (C=O) groups excluding carboxylic acids is 1. The molecule has 0 radical (unpaired) electrons. The van der Waals surface area contributed by atoms with Gasteiger partial charge in [0.1, 0.15) is 22.8 Å². The van der Waals surface area contributed by atoms with Crippen molar-refractivity contribution in [2.45, 2.75) is 77.9 Å². The fourth-order valence-electron chi connectivity index (χ4n) is 3.57. The molecule has 6 heteroatoms. The third-order valence-electron chi connectivity index (χ3n) is 4.98. The number of aromatic nitrogens is 2. The molecule has 0 spiro atoms. The summed E-state index contributed by atoms with van der Waals surface area (Å²) in [6.45, 7) is 5.77. The first-order valence-corrected chi connectivity index (χ1v) is 10.1. The maximum atomic E-state index is 13.0. The van der Waals surface area contributed by atoms with E-state index >= 15 is 0 Å². The Morgan fingerprint density at radius 2 is 2.08 bits per heavy atom. The van der Waals surface area contributed by atoms with Crippen LogP contribution in [0.4, 0.5) is 0 Å². The lowest BCUT2D eigenvalue weighted by molar-refractivity contribution is -0.155. The molecule has 2 aromatic rings. The summed E-state index contributed by atoms with van der Waals surface area (Å²) < 4.78 is 7.25. The maximum absolute atomic E-state index is 13.0. The summed E-state index contributed by atoms with van der Waals surface area (Å²) >= 11 is 1.55. The van der Waals surface area contributed by atoms with Crippen LogP contribution in [0.5, 0.6) is 0 Å². The molecule has 0 N–H and O–H groups in total. The van der Waals surface area contributed by atoms with Gasteiger partial charge >= 0.3 is 5.97 Å². The van der Waals surface area contributed by atoms with Crippen molar-refractivity contribution in [1.29, 1.82) is 0 Å². The molecule has 1 saturated carbocycles. The molecule has 1 fully saturated rings. The van der Waals surface area contributed by atoms with Crippen LogP contribution in [-0.4, -0.2) is 21.6 Å². The van der Waals surface area contributed by atoms with Gasteiger partial charge in [-0.05, 0) is 51.5 Å². The Hall–Kier alpha value is -1.69. The first kappa shape index (κ1) is 18.1. The van der Waals surface area contributed by atoms with Gasteiger partial charge < -0.3 is 4.74 Å².